The number of nitrogens with two attached hydrogens (primary N) is 1. The Labute approximate surface area is 98.4 Å². The van der Waals surface area contributed by atoms with Crippen molar-refractivity contribution >= 4 is 17.6 Å². The van der Waals surface area contributed by atoms with Crippen molar-refractivity contribution in [2.45, 2.75) is 13.0 Å². The molecule has 4 N–H and O–H groups in total. The molecule has 0 aliphatic rings. The zero-order chi connectivity index (χ0) is 12.8. The van der Waals surface area contributed by atoms with Gasteiger partial charge in [-0.1, -0.05) is 6.07 Å². The number of nitrogens with one attached hydrogen (secondary N) is 1. The van der Waals surface area contributed by atoms with E-state index in [1.807, 2.05) is 0 Å². The molecule has 0 saturated heterocycles. The topological polar surface area (TPSA) is 102 Å². The van der Waals surface area contributed by atoms with Gasteiger partial charge in [0.25, 0.3) is 0 Å². The van der Waals surface area contributed by atoms with Crippen molar-refractivity contribution in [1.29, 1.82) is 0 Å². The van der Waals surface area contributed by atoms with E-state index < -0.39 is 18.6 Å². The predicted molar refractivity (Wildman–Crippen MR) is 61.9 cm³/mol. The number of carbonyl (C=O) groups is 2. The van der Waals surface area contributed by atoms with Gasteiger partial charge in [-0.05, 0) is 19.1 Å². The molecule has 1 atom stereocenters. The lowest BCUT2D eigenvalue weighted by Gasteiger charge is -2.09. The molecule has 1 unspecified atom stereocenters. The van der Waals surface area contributed by atoms with Crippen molar-refractivity contribution in [2.75, 3.05) is 11.9 Å². The number of amides is 1. The van der Waals surface area contributed by atoms with Crippen molar-refractivity contribution in [3.63, 3.8) is 0 Å². The molecule has 0 aliphatic heterocycles. The molecule has 0 fully saturated rings. The van der Waals surface area contributed by atoms with Crippen LogP contribution in [-0.4, -0.2) is 29.6 Å². The van der Waals surface area contributed by atoms with Crippen molar-refractivity contribution in [3.05, 3.63) is 24.3 Å². The molecule has 1 aromatic rings. The Morgan fingerprint density at radius 2 is 2.24 bits per heavy atom. The quantitative estimate of drug-likeness (QED) is 0.690. The van der Waals surface area contributed by atoms with E-state index in [1.54, 1.807) is 25.1 Å². The van der Waals surface area contributed by atoms with Gasteiger partial charge in [-0.2, -0.15) is 0 Å². The third-order valence-corrected chi connectivity index (χ3v) is 1.88. The van der Waals surface area contributed by atoms with Crippen LogP contribution in [0.1, 0.15) is 6.92 Å². The second kappa shape index (κ2) is 5.86. The number of aliphatic carboxylic acids is 1. The van der Waals surface area contributed by atoms with E-state index in [4.69, 9.17) is 15.6 Å². The number of benzene rings is 1. The van der Waals surface area contributed by atoms with E-state index in [2.05, 4.69) is 5.32 Å². The monoisotopic (exact) mass is 238 g/mol. The van der Waals surface area contributed by atoms with Crippen LogP contribution in [0, 0.1) is 0 Å². The molecule has 0 aliphatic carbocycles. The fourth-order valence-corrected chi connectivity index (χ4v) is 1.06. The smallest absolute Gasteiger partial charge is 0.341 e. The van der Waals surface area contributed by atoms with Crippen molar-refractivity contribution in [2.24, 2.45) is 5.73 Å². The zero-order valence-electron chi connectivity index (χ0n) is 9.34. The van der Waals surface area contributed by atoms with Crippen LogP contribution in [0.2, 0.25) is 0 Å². The number of hydrogen-bond donors (Lipinski definition) is 3. The van der Waals surface area contributed by atoms with Crippen LogP contribution in [0.25, 0.3) is 0 Å². The number of ether oxygens (including phenoxy) is 1. The molecule has 0 radical (unpaired) electrons. The zero-order valence-corrected chi connectivity index (χ0v) is 9.34. The fraction of sp³-hybridized carbons (Fsp3) is 0.273. The molecule has 0 saturated carbocycles. The molecule has 17 heavy (non-hydrogen) atoms. The van der Waals surface area contributed by atoms with Crippen LogP contribution >= 0.6 is 0 Å². The van der Waals surface area contributed by atoms with Crippen LogP contribution in [-0.2, 0) is 9.59 Å². The van der Waals surface area contributed by atoms with Crippen LogP contribution in [0.3, 0.4) is 0 Å². The van der Waals surface area contributed by atoms with E-state index in [-0.39, 0.29) is 5.91 Å². The van der Waals surface area contributed by atoms with Gasteiger partial charge in [-0.25, -0.2) is 4.79 Å². The van der Waals surface area contributed by atoms with Gasteiger partial charge in [-0.15, -0.1) is 0 Å². The van der Waals surface area contributed by atoms with Gasteiger partial charge >= 0.3 is 5.97 Å². The highest BCUT2D eigenvalue weighted by Gasteiger charge is 2.08. The first kappa shape index (κ1) is 13.0. The van der Waals surface area contributed by atoms with Crippen molar-refractivity contribution in [1.82, 2.24) is 0 Å². The van der Waals surface area contributed by atoms with Gasteiger partial charge in [0.1, 0.15) is 5.75 Å². The van der Waals surface area contributed by atoms with Crippen LogP contribution in [0.4, 0.5) is 5.69 Å². The summed E-state index contributed by atoms with van der Waals surface area (Å²) in [6.07, 6.45) is 0. The number of carboxylic acid groups (broad SMARTS) is 1. The second-order valence-corrected chi connectivity index (χ2v) is 3.49. The summed E-state index contributed by atoms with van der Waals surface area (Å²) in [4.78, 5) is 21.6. The van der Waals surface area contributed by atoms with Crippen molar-refractivity contribution < 1.29 is 19.4 Å². The van der Waals surface area contributed by atoms with Gasteiger partial charge in [0.15, 0.2) is 6.61 Å². The molecule has 0 aromatic heterocycles. The molecule has 1 aromatic carbocycles. The number of rotatable bonds is 5. The second-order valence-electron chi connectivity index (χ2n) is 3.49. The molecule has 1 rings (SSSR count). The Balaban J connectivity index is 2.65. The summed E-state index contributed by atoms with van der Waals surface area (Å²) >= 11 is 0. The average Bonchev–Trinajstić information content (AvgIpc) is 2.26. The summed E-state index contributed by atoms with van der Waals surface area (Å²) in [5.74, 6) is -1.01. The summed E-state index contributed by atoms with van der Waals surface area (Å²) in [6.45, 7) is 1.14. The van der Waals surface area contributed by atoms with Gasteiger partial charge in [0, 0.05) is 11.8 Å². The normalized spacial score (nSPS) is 11.6. The SMILES string of the molecule is CC(N)C(=O)Nc1cccc(OCC(=O)O)c1. The van der Waals surface area contributed by atoms with Crippen LogP contribution in [0.5, 0.6) is 5.75 Å². The van der Waals surface area contributed by atoms with Crippen molar-refractivity contribution in [3.8, 4) is 5.75 Å². The fourth-order valence-electron chi connectivity index (χ4n) is 1.06. The van der Waals surface area contributed by atoms with E-state index in [9.17, 15) is 9.59 Å². The predicted octanol–water partition coefficient (Wildman–Crippen LogP) is 0.436. The maximum absolute atomic E-state index is 11.3. The Kier molecular flexibility index (Phi) is 4.47. The summed E-state index contributed by atoms with van der Waals surface area (Å²) in [7, 11) is 0. The molecule has 0 spiro atoms. The first-order valence-electron chi connectivity index (χ1n) is 5.00. The highest BCUT2D eigenvalue weighted by Crippen LogP contribution is 2.17. The lowest BCUT2D eigenvalue weighted by Crippen LogP contribution is -2.32. The number of anilines is 1. The van der Waals surface area contributed by atoms with Gasteiger partial charge in [0.2, 0.25) is 5.91 Å². The molecule has 92 valence electrons. The summed E-state index contributed by atoms with van der Waals surface area (Å²) in [5, 5.41) is 11.0. The molecular formula is C11H14N2O4. The van der Waals surface area contributed by atoms with Gasteiger partial charge in [-0.3, -0.25) is 4.79 Å². The number of carboxylic acids is 1. The average molecular weight is 238 g/mol. The molecule has 0 heterocycles. The van der Waals surface area contributed by atoms with Crippen LogP contribution < -0.4 is 15.8 Å². The summed E-state index contributed by atoms with van der Waals surface area (Å²) < 4.78 is 4.97. The minimum absolute atomic E-state index is 0.319. The molecular weight excluding hydrogens is 224 g/mol. The minimum Gasteiger partial charge on any atom is -0.482 e. The lowest BCUT2D eigenvalue weighted by molar-refractivity contribution is -0.139. The Morgan fingerprint density at radius 1 is 1.53 bits per heavy atom. The Morgan fingerprint density at radius 3 is 2.82 bits per heavy atom. The maximum Gasteiger partial charge on any atom is 0.341 e. The van der Waals surface area contributed by atoms with E-state index in [0.29, 0.717) is 11.4 Å². The molecule has 6 heteroatoms. The standard InChI is InChI=1S/C11H14N2O4/c1-7(12)11(16)13-8-3-2-4-9(5-8)17-6-10(14)15/h2-5,7H,6,12H2,1H3,(H,13,16)(H,14,15). The van der Waals surface area contributed by atoms with Crippen LogP contribution in [0.15, 0.2) is 24.3 Å². The minimum atomic E-state index is -1.06. The molecule has 6 nitrogen and oxygen atoms in total. The van der Waals surface area contributed by atoms with Gasteiger partial charge < -0.3 is 20.9 Å². The first-order chi connectivity index (χ1) is 7.99. The third-order valence-electron chi connectivity index (χ3n) is 1.88. The van der Waals surface area contributed by atoms with Gasteiger partial charge in [0.05, 0.1) is 6.04 Å². The molecule has 1 amide bonds. The van der Waals surface area contributed by atoms with E-state index >= 15 is 0 Å². The summed E-state index contributed by atoms with van der Waals surface area (Å²) in [5.41, 5.74) is 5.91. The highest BCUT2D eigenvalue weighted by atomic mass is 16.5. The molecule has 0 bridgehead atoms. The summed E-state index contributed by atoms with van der Waals surface area (Å²) in [6, 6.07) is 5.83. The number of carbonyl (C=O) groups excluding carboxylic acids is 1. The first-order valence-corrected chi connectivity index (χ1v) is 5.00. The van der Waals surface area contributed by atoms with E-state index in [1.165, 1.54) is 6.07 Å². The Bertz CT molecular complexity index is 418. The number of hydrogen-bond acceptors (Lipinski definition) is 4. The Hall–Kier alpha value is -2.08. The maximum atomic E-state index is 11.3. The lowest BCUT2D eigenvalue weighted by atomic mass is 10.2. The largest absolute Gasteiger partial charge is 0.482 e. The highest BCUT2D eigenvalue weighted by molar-refractivity contribution is 5.94. The van der Waals surface area contributed by atoms with E-state index in [0.717, 1.165) is 0 Å². The third kappa shape index (κ3) is 4.52.